The van der Waals surface area contributed by atoms with Gasteiger partial charge in [-0.15, -0.1) is 0 Å². The topological polar surface area (TPSA) is 121 Å². The second kappa shape index (κ2) is 17.9. The molecule has 0 aromatic heterocycles. The Morgan fingerprint density at radius 3 is 1.98 bits per heavy atom. The number of hydrogen-bond donors (Lipinski definition) is 2. The van der Waals surface area contributed by atoms with Gasteiger partial charge < -0.3 is 29.9 Å². The zero-order valence-electron chi connectivity index (χ0n) is 29.1. The van der Waals surface area contributed by atoms with Crippen LogP contribution in [0.2, 0.25) is 0 Å². The molecule has 11 heteroatoms. The van der Waals surface area contributed by atoms with Crippen LogP contribution in [0.25, 0.3) is 0 Å². The highest BCUT2D eigenvalue weighted by molar-refractivity contribution is 5.90. The molecule has 1 aliphatic rings. The van der Waals surface area contributed by atoms with E-state index in [-0.39, 0.29) is 59.9 Å². The van der Waals surface area contributed by atoms with Crippen molar-refractivity contribution >= 4 is 23.6 Å². The van der Waals surface area contributed by atoms with Crippen molar-refractivity contribution in [2.75, 3.05) is 49.0 Å². The van der Waals surface area contributed by atoms with Crippen LogP contribution in [-0.4, -0.2) is 124 Å². The van der Waals surface area contributed by atoms with Gasteiger partial charge in [0.25, 0.3) is 0 Å². The number of amides is 4. The Morgan fingerprint density at radius 2 is 1.53 bits per heavy atom. The molecule has 11 nitrogen and oxygen atoms in total. The van der Waals surface area contributed by atoms with Gasteiger partial charge in [0, 0.05) is 34.9 Å². The number of nitrogens with one attached hydrogen (secondary N) is 2. The van der Waals surface area contributed by atoms with Gasteiger partial charge in [-0.2, -0.15) is 0 Å². The first kappa shape index (κ1) is 38.8. The first-order chi connectivity index (χ1) is 20.1. The van der Waals surface area contributed by atoms with Gasteiger partial charge in [-0.05, 0) is 44.7 Å². The molecule has 8 atom stereocenters. The fourth-order valence-corrected chi connectivity index (χ4v) is 6.64. The molecule has 1 heterocycles. The summed E-state index contributed by atoms with van der Waals surface area (Å²) in [5.74, 6) is -1.08. The molecule has 0 radical (unpaired) electrons. The number of hydrogen-bond acceptors (Lipinski definition) is 7. The lowest BCUT2D eigenvalue weighted by atomic mass is 9.89. The minimum Gasteiger partial charge on any atom is -0.379 e. The number of likely N-dealkylation sites (N-methyl/N-ethyl adjacent to an activating group) is 2. The fraction of sp³-hybridized carbons (Fsp3) is 0.875. The number of nitrogens with zero attached hydrogens (tertiary/aromatic N) is 3. The summed E-state index contributed by atoms with van der Waals surface area (Å²) < 4.78 is 11.7. The highest BCUT2D eigenvalue weighted by Crippen LogP contribution is 2.29. The average molecular weight is 612 g/mol. The summed E-state index contributed by atoms with van der Waals surface area (Å²) >= 11 is 0. The molecule has 43 heavy (non-hydrogen) atoms. The maximum atomic E-state index is 14.0. The molecule has 1 rings (SSSR count). The first-order valence-electron chi connectivity index (χ1n) is 15.9. The van der Waals surface area contributed by atoms with E-state index in [0.717, 1.165) is 19.3 Å². The largest absolute Gasteiger partial charge is 0.379 e. The molecular formula is C32H61N5O6. The maximum Gasteiger partial charge on any atom is 0.245 e. The molecule has 0 aliphatic carbocycles. The molecule has 0 aromatic carbocycles. The van der Waals surface area contributed by atoms with E-state index in [1.807, 2.05) is 58.5 Å². The van der Waals surface area contributed by atoms with Gasteiger partial charge in [0.15, 0.2) is 0 Å². The summed E-state index contributed by atoms with van der Waals surface area (Å²) in [4.78, 5) is 58.9. The SMILES string of the molecule is CC[C@H](C)[C@@H]([C@@H](CC(=O)N1CCC[C@H]1[C@H](OC)[C@@H](C)C(=O)NC)OC)N(C)C(=O)[C@@H](NC(=O)C(C(C)C)N(C)C)C(C)C. The maximum absolute atomic E-state index is 14.0. The molecule has 0 aromatic rings. The van der Waals surface area contributed by atoms with Crippen LogP contribution in [0.3, 0.4) is 0 Å². The van der Waals surface area contributed by atoms with E-state index in [2.05, 4.69) is 24.5 Å². The Morgan fingerprint density at radius 1 is 0.930 bits per heavy atom. The van der Waals surface area contributed by atoms with Crippen LogP contribution in [0.4, 0.5) is 0 Å². The Balaban J connectivity index is 3.26. The van der Waals surface area contributed by atoms with E-state index in [9.17, 15) is 19.2 Å². The van der Waals surface area contributed by atoms with Crippen LogP contribution in [0.5, 0.6) is 0 Å². The Labute approximate surface area is 260 Å². The highest BCUT2D eigenvalue weighted by Gasteiger charge is 2.43. The summed E-state index contributed by atoms with van der Waals surface area (Å²) in [5, 5.41) is 5.71. The zero-order valence-corrected chi connectivity index (χ0v) is 29.1. The van der Waals surface area contributed by atoms with Gasteiger partial charge in [0.1, 0.15) is 6.04 Å². The predicted molar refractivity (Wildman–Crippen MR) is 169 cm³/mol. The molecular weight excluding hydrogens is 550 g/mol. The van der Waals surface area contributed by atoms with Gasteiger partial charge in [-0.1, -0.05) is 54.9 Å². The third-order valence-electron chi connectivity index (χ3n) is 9.19. The number of methoxy groups -OCH3 is 2. The summed E-state index contributed by atoms with van der Waals surface area (Å²) in [6.07, 6.45) is 1.42. The number of carbonyl (C=O) groups is 4. The quantitative estimate of drug-likeness (QED) is 0.259. The molecule has 0 spiro atoms. The Bertz CT molecular complexity index is 905. The molecule has 1 unspecified atom stereocenters. The van der Waals surface area contributed by atoms with Crippen molar-refractivity contribution in [3.8, 4) is 0 Å². The van der Waals surface area contributed by atoms with Crippen molar-refractivity contribution in [2.45, 2.75) is 111 Å². The van der Waals surface area contributed by atoms with Crippen molar-refractivity contribution in [1.29, 1.82) is 0 Å². The standard InChI is InChI=1S/C32H61N5O6/c1-14-21(6)28(36(11)32(41)26(19(2)3)34-31(40)27(20(4)5)35(9)10)24(42-12)18-25(38)37-17-15-16-23(37)29(43-13)22(7)30(39)33-8/h19-24,26-29H,14-18H2,1-13H3,(H,33,39)(H,34,40)/t21-,22+,23-,24+,26-,27?,28-,29+/m0/s1. The van der Waals surface area contributed by atoms with Gasteiger partial charge in [0.2, 0.25) is 23.6 Å². The highest BCUT2D eigenvalue weighted by atomic mass is 16.5. The van der Waals surface area contributed by atoms with E-state index in [4.69, 9.17) is 9.47 Å². The normalized spacial score (nSPS) is 20.4. The van der Waals surface area contributed by atoms with Gasteiger partial charge in [0.05, 0.1) is 42.7 Å². The summed E-state index contributed by atoms with van der Waals surface area (Å²) in [6, 6.07) is -1.72. The lowest BCUT2D eigenvalue weighted by molar-refractivity contribution is -0.148. The number of carbonyl (C=O) groups excluding carboxylic acids is 4. The van der Waals surface area contributed by atoms with Crippen LogP contribution >= 0.6 is 0 Å². The Hall–Kier alpha value is -2.24. The smallest absolute Gasteiger partial charge is 0.245 e. The first-order valence-corrected chi connectivity index (χ1v) is 15.9. The van der Waals surface area contributed by atoms with Crippen LogP contribution in [0.1, 0.15) is 74.1 Å². The van der Waals surface area contributed by atoms with E-state index in [1.54, 1.807) is 33.2 Å². The van der Waals surface area contributed by atoms with Gasteiger partial charge in [-0.3, -0.25) is 24.1 Å². The van der Waals surface area contributed by atoms with Crippen molar-refractivity contribution in [1.82, 2.24) is 25.3 Å². The van der Waals surface area contributed by atoms with Crippen molar-refractivity contribution < 1.29 is 28.7 Å². The predicted octanol–water partition coefficient (Wildman–Crippen LogP) is 2.38. The van der Waals surface area contributed by atoms with E-state index < -0.39 is 30.2 Å². The van der Waals surface area contributed by atoms with Crippen LogP contribution < -0.4 is 10.6 Å². The lowest BCUT2D eigenvalue weighted by Gasteiger charge is -2.41. The molecule has 0 saturated carbocycles. The van der Waals surface area contributed by atoms with E-state index in [0.29, 0.717) is 6.54 Å². The second-order valence-corrected chi connectivity index (χ2v) is 13.1. The lowest BCUT2D eigenvalue weighted by Crippen LogP contribution is -2.59. The average Bonchev–Trinajstić information content (AvgIpc) is 3.43. The fourth-order valence-electron chi connectivity index (χ4n) is 6.64. The van der Waals surface area contributed by atoms with E-state index >= 15 is 0 Å². The molecule has 2 N–H and O–H groups in total. The van der Waals surface area contributed by atoms with E-state index in [1.165, 1.54) is 0 Å². The number of ether oxygens (including phenoxy) is 2. The molecule has 4 amide bonds. The third kappa shape index (κ3) is 9.88. The third-order valence-corrected chi connectivity index (χ3v) is 9.19. The monoisotopic (exact) mass is 611 g/mol. The molecule has 1 aliphatic heterocycles. The van der Waals surface area contributed by atoms with Crippen LogP contribution in [0, 0.1) is 23.7 Å². The molecule has 1 fully saturated rings. The number of rotatable bonds is 17. The van der Waals surface area contributed by atoms with Gasteiger partial charge >= 0.3 is 0 Å². The second-order valence-electron chi connectivity index (χ2n) is 13.1. The summed E-state index contributed by atoms with van der Waals surface area (Å²) in [6.45, 7) is 14.3. The van der Waals surface area contributed by atoms with Gasteiger partial charge in [-0.25, -0.2) is 0 Å². The van der Waals surface area contributed by atoms with Crippen molar-refractivity contribution in [3.63, 3.8) is 0 Å². The molecule has 250 valence electrons. The molecule has 0 bridgehead atoms. The molecule has 1 saturated heterocycles. The van der Waals surface area contributed by atoms with Crippen molar-refractivity contribution in [3.05, 3.63) is 0 Å². The minimum absolute atomic E-state index is 0.0229. The van der Waals surface area contributed by atoms with Crippen molar-refractivity contribution in [2.24, 2.45) is 23.7 Å². The minimum atomic E-state index is -0.727. The summed E-state index contributed by atoms with van der Waals surface area (Å²) in [5.41, 5.74) is 0. The Kier molecular flexibility index (Phi) is 16.1. The number of likely N-dealkylation sites (tertiary alicyclic amines) is 1. The van der Waals surface area contributed by atoms with Crippen LogP contribution in [0.15, 0.2) is 0 Å². The summed E-state index contributed by atoms with van der Waals surface area (Å²) in [7, 11) is 10.2. The zero-order chi connectivity index (χ0) is 33.2. The van der Waals surface area contributed by atoms with Crippen LogP contribution in [-0.2, 0) is 28.7 Å².